The number of benzene rings is 1. The first-order valence-electron chi connectivity index (χ1n) is 4.19. The largest absolute Gasteiger partial charge is 0.490 e. The molecule has 0 aliphatic rings. The molecule has 0 radical (unpaired) electrons. The van der Waals surface area contributed by atoms with Gasteiger partial charge in [-0.05, 0) is 12.1 Å². The van der Waals surface area contributed by atoms with Crippen molar-refractivity contribution in [3.8, 4) is 0 Å². The molecule has 0 saturated heterocycles. The molecule has 0 aliphatic carbocycles. The maximum atomic E-state index is 13.0. The van der Waals surface area contributed by atoms with Gasteiger partial charge in [-0.3, -0.25) is 4.98 Å². The summed E-state index contributed by atoms with van der Waals surface area (Å²) in [6.07, 6.45) is 1.25. The number of halogens is 2. The van der Waals surface area contributed by atoms with Gasteiger partial charge < -0.3 is 10.0 Å². The summed E-state index contributed by atoms with van der Waals surface area (Å²) in [5.41, 5.74) is 0.547. The van der Waals surface area contributed by atoms with Crippen LogP contribution in [0.15, 0.2) is 24.4 Å². The summed E-state index contributed by atoms with van der Waals surface area (Å²) in [5, 5.41) is 18.3. The molecule has 6 heteroatoms. The third kappa shape index (κ3) is 1.81. The molecule has 2 rings (SSSR count). The van der Waals surface area contributed by atoms with Gasteiger partial charge in [-0.25, -0.2) is 4.39 Å². The van der Waals surface area contributed by atoms with Gasteiger partial charge in [-0.15, -0.1) is 0 Å². The van der Waals surface area contributed by atoms with E-state index in [1.807, 2.05) is 0 Å². The quantitative estimate of drug-likeness (QED) is 0.703. The van der Waals surface area contributed by atoms with E-state index in [1.54, 1.807) is 0 Å². The molecule has 0 spiro atoms. The van der Waals surface area contributed by atoms with Gasteiger partial charge in [0, 0.05) is 17.0 Å². The molecular weight excluding hydrogens is 219 g/mol. The first-order valence-corrected chi connectivity index (χ1v) is 4.57. The standard InChI is InChI=1S/C9H6BClFNO2/c11-8-7(12)2-1-5-3-6(10(14)15)4-13-9(5)8/h1-4,14-15H. The Bertz CT molecular complexity index is 521. The highest BCUT2D eigenvalue weighted by Crippen LogP contribution is 2.23. The second-order valence-electron chi connectivity index (χ2n) is 3.08. The highest BCUT2D eigenvalue weighted by molar-refractivity contribution is 6.58. The molecule has 0 atom stereocenters. The van der Waals surface area contributed by atoms with Crippen LogP contribution in [0.4, 0.5) is 4.39 Å². The summed E-state index contributed by atoms with van der Waals surface area (Å²) in [4.78, 5) is 3.87. The Morgan fingerprint density at radius 3 is 2.73 bits per heavy atom. The van der Waals surface area contributed by atoms with Crippen molar-refractivity contribution < 1.29 is 14.4 Å². The Morgan fingerprint density at radius 1 is 1.33 bits per heavy atom. The molecule has 2 N–H and O–H groups in total. The van der Waals surface area contributed by atoms with Gasteiger partial charge in [-0.2, -0.15) is 0 Å². The molecule has 0 fully saturated rings. The van der Waals surface area contributed by atoms with Crippen LogP contribution in [0.1, 0.15) is 0 Å². The number of pyridine rings is 1. The van der Waals surface area contributed by atoms with Gasteiger partial charge in [0.1, 0.15) is 10.8 Å². The normalized spacial score (nSPS) is 10.7. The number of nitrogens with zero attached hydrogens (tertiary/aromatic N) is 1. The van der Waals surface area contributed by atoms with E-state index in [9.17, 15) is 4.39 Å². The minimum atomic E-state index is -1.59. The van der Waals surface area contributed by atoms with Crippen LogP contribution in [0, 0.1) is 5.82 Å². The van der Waals surface area contributed by atoms with Gasteiger partial charge in [-0.1, -0.05) is 17.7 Å². The zero-order chi connectivity index (χ0) is 11.0. The molecule has 0 bridgehead atoms. The summed E-state index contributed by atoms with van der Waals surface area (Å²) >= 11 is 5.70. The lowest BCUT2D eigenvalue weighted by atomic mass is 9.81. The lowest BCUT2D eigenvalue weighted by molar-refractivity contribution is 0.425. The lowest BCUT2D eigenvalue weighted by Crippen LogP contribution is -2.30. The first kappa shape index (κ1) is 10.4. The first-order chi connectivity index (χ1) is 7.09. The molecule has 1 heterocycles. The zero-order valence-electron chi connectivity index (χ0n) is 7.48. The van der Waals surface area contributed by atoms with Crippen LogP contribution in [-0.4, -0.2) is 22.2 Å². The van der Waals surface area contributed by atoms with E-state index < -0.39 is 12.9 Å². The highest BCUT2D eigenvalue weighted by Gasteiger charge is 2.13. The van der Waals surface area contributed by atoms with Crippen molar-refractivity contribution in [2.45, 2.75) is 0 Å². The van der Waals surface area contributed by atoms with Gasteiger partial charge >= 0.3 is 7.12 Å². The van der Waals surface area contributed by atoms with E-state index in [2.05, 4.69) is 4.98 Å². The zero-order valence-corrected chi connectivity index (χ0v) is 8.24. The molecule has 0 unspecified atom stereocenters. The third-order valence-electron chi connectivity index (χ3n) is 2.06. The fourth-order valence-corrected chi connectivity index (χ4v) is 1.52. The maximum Gasteiger partial charge on any atom is 0.490 e. The number of aromatic nitrogens is 1. The van der Waals surface area contributed by atoms with Crippen molar-refractivity contribution in [3.63, 3.8) is 0 Å². The van der Waals surface area contributed by atoms with Gasteiger partial charge in [0.05, 0.1) is 5.52 Å². The number of hydrogen-bond acceptors (Lipinski definition) is 3. The Balaban J connectivity index is 2.70. The molecule has 76 valence electrons. The number of rotatable bonds is 1. The van der Waals surface area contributed by atoms with Crippen molar-refractivity contribution >= 4 is 35.1 Å². The van der Waals surface area contributed by atoms with Gasteiger partial charge in [0.15, 0.2) is 0 Å². The van der Waals surface area contributed by atoms with Crippen LogP contribution in [0.5, 0.6) is 0 Å². The second kappa shape index (κ2) is 3.77. The van der Waals surface area contributed by atoms with Crippen molar-refractivity contribution in [2.75, 3.05) is 0 Å². The average molecular weight is 225 g/mol. The van der Waals surface area contributed by atoms with Crippen molar-refractivity contribution in [1.82, 2.24) is 4.98 Å². The van der Waals surface area contributed by atoms with Crippen LogP contribution in [0.3, 0.4) is 0 Å². The average Bonchev–Trinajstić information content (AvgIpc) is 2.23. The SMILES string of the molecule is OB(O)c1cnc2c(Cl)c(F)ccc2c1. The van der Waals surface area contributed by atoms with Crippen LogP contribution < -0.4 is 5.46 Å². The molecule has 2 aromatic rings. The predicted octanol–water partition coefficient (Wildman–Crippen LogP) is 0.707. The monoisotopic (exact) mass is 225 g/mol. The van der Waals surface area contributed by atoms with Crippen LogP contribution in [0.25, 0.3) is 10.9 Å². The van der Waals surface area contributed by atoms with E-state index in [0.717, 1.165) is 0 Å². The van der Waals surface area contributed by atoms with E-state index in [-0.39, 0.29) is 10.5 Å². The summed E-state index contributed by atoms with van der Waals surface area (Å²) in [7, 11) is -1.59. The van der Waals surface area contributed by atoms with Crippen molar-refractivity contribution in [3.05, 3.63) is 35.2 Å². The Hall–Kier alpha value is -1.17. The summed E-state index contributed by atoms with van der Waals surface area (Å²) < 4.78 is 13.0. The van der Waals surface area contributed by atoms with E-state index in [0.29, 0.717) is 10.9 Å². The van der Waals surface area contributed by atoms with E-state index in [4.69, 9.17) is 21.6 Å². The number of hydrogen-bond donors (Lipinski definition) is 2. The summed E-state index contributed by atoms with van der Waals surface area (Å²) in [5.74, 6) is -0.547. The smallest absolute Gasteiger partial charge is 0.423 e. The maximum absolute atomic E-state index is 13.0. The Labute approximate surface area is 90.3 Å². The fraction of sp³-hybridized carbons (Fsp3) is 0. The molecule has 1 aromatic carbocycles. The summed E-state index contributed by atoms with van der Waals surface area (Å²) in [6, 6.07) is 4.19. The topological polar surface area (TPSA) is 53.4 Å². The van der Waals surface area contributed by atoms with E-state index >= 15 is 0 Å². The predicted molar refractivity (Wildman–Crippen MR) is 56.5 cm³/mol. The van der Waals surface area contributed by atoms with Crippen molar-refractivity contribution in [2.24, 2.45) is 0 Å². The van der Waals surface area contributed by atoms with Crippen LogP contribution in [-0.2, 0) is 0 Å². The molecular formula is C9H6BClFNO2. The fourth-order valence-electron chi connectivity index (χ4n) is 1.30. The highest BCUT2D eigenvalue weighted by atomic mass is 35.5. The van der Waals surface area contributed by atoms with Crippen LogP contribution >= 0.6 is 11.6 Å². The molecule has 1 aromatic heterocycles. The molecule has 0 saturated carbocycles. The van der Waals surface area contributed by atoms with Gasteiger partial charge in [0.2, 0.25) is 0 Å². The Morgan fingerprint density at radius 2 is 2.07 bits per heavy atom. The number of fused-ring (bicyclic) bond motifs is 1. The minimum absolute atomic E-state index is 0.0634. The third-order valence-corrected chi connectivity index (χ3v) is 2.42. The summed E-state index contributed by atoms with van der Waals surface area (Å²) in [6.45, 7) is 0. The minimum Gasteiger partial charge on any atom is -0.423 e. The van der Waals surface area contributed by atoms with Crippen LogP contribution in [0.2, 0.25) is 5.02 Å². The van der Waals surface area contributed by atoms with Gasteiger partial charge in [0.25, 0.3) is 0 Å². The van der Waals surface area contributed by atoms with Crippen molar-refractivity contribution in [1.29, 1.82) is 0 Å². The molecule has 15 heavy (non-hydrogen) atoms. The molecule has 0 aliphatic heterocycles. The Kier molecular flexibility index (Phi) is 2.60. The second-order valence-corrected chi connectivity index (χ2v) is 3.45. The molecule has 0 amide bonds. The molecule has 3 nitrogen and oxygen atoms in total. The lowest BCUT2D eigenvalue weighted by Gasteiger charge is -2.03. The van der Waals surface area contributed by atoms with E-state index in [1.165, 1.54) is 24.4 Å².